The van der Waals surface area contributed by atoms with Crippen molar-refractivity contribution in [2.45, 2.75) is 53.2 Å². The van der Waals surface area contributed by atoms with Gasteiger partial charge < -0.3 is 20.3 Å². The molecule has 0 aliphatic heterocycles. The van der Waals surface area contributed by atoms with Gasteiger partial charge in [0.25, 0.3) is 0 Å². The highest BCUT2D eigenvalue weighted by Gasteiger charge is 2.20. The Morgan fingerprint density at radius 2 is 2.08 bits per heavy atom. The lowest BCUT2D eigenvalue weighted by atomic mass is 10.2. The zero-order valence-corrected chi connectivity index (χ0v) is 16.8. The molecule has 0 unspecified atom stereocenters. The van der Waals surface area contributed by atoms with Gasteiger partial charge in [-0.25, -0.2) is 4.79 Å². The summed E-state index contributed by atoms with van der Waals surface area (Å²) in [5, 5.41) is 10.7. The minimum atomic E-state index is -0.483. The molecular formula is C18H34N6O2. The SMILES string of the molecule is CCNC(=NCCCn1cccn1)NCCN(CC)C(=O)OC(C)(C)C. The maximum absolute atomic E-state index is 12.1. The topological polar surface area (TPSA) is 83.8 Å². The molecule has 0 radical (unpaired) electrons. The number of likely N-dealkylation sites (N-methyl/N-ethyl adjacent to an activating group) is 1. The van der Waals surface area contributed by atoms with Gasteiger partial charge in [0.15, 0.2) is 5.96 Å². The molecule has 8 heteroatoms. The third-order valence-corrected chi connectivity index (χ3v) is 3.43. The molecule has 1 rings (SSSR count). The summed E-state index contributed by atoms with van der Waals surface area (Å²) in [5.41, 5.74) is -0.483. The first-order valence-corrected chi connectivity index (χ1v) is 9.33. The van der Waals surface area contributed by atoms with Gasteiger partial charge in [-0.05, 0) is 47.1 Å². The van der Waals surface area contributed by atoms with Gasteiger partial charge in [0.1, 0.15) is 5.60 Å². The first-order valence-electron chi connectivity index (χ1n) is 9.33. The summed E-state index contributed by atoms with van der Waals surface area (Å²) in [6.45, 7) is 13.7. The zero-order valence-electron chi connectivity index (χ0n) is 16.8. The lowest BCUT2D eigenvalue weighted by molar-refractivity contribution is 0.0264. The average molecular weight is 367 g/mol. The number of aromatic nitrogens is 2. The van der Waals surface area contributed by atoms with E-state index in [1.165, 1.54) is 0 Å². The minimum absolute atomic E-state index is 0.289. The number of nitrogens with one attached hydrogen (secondary N) is 2. The normalized spacial score (nSPS) is 12.0. The van der Waals surface area contributed by atoms with E-state index in [0.717, 1.165) is 25.5 Å². The van der Waals surface area contributed by atoms with E-state index in [-0.39, 0.29) is 6.09 Å². The van der Waals surface area contributed by atoms with E-state index < -0.39 is 5.60 Å². The first-order chi connectivity index (χ1) is 12.4. The summed E-state index contributed by atoms with van der Waals surface area (Å²) in [6, 6.07) is 1.92. The molecule has 0 spiro atoms. The minimum Gasteiger partial charge on any atom is -0.444 e. The second-order valence-corrected chi connectivity index (χ2v) is 6.87. The Morgan fingerprint density at radius 1 is 1.31 bits per heavy atom. The number of hydrogen-bond donors (Lipinski definition) is 2. The molecule has 0 atom stereocenters. The Balaban J connectivity index is 2.38. The molecule has 1 aromatic heterocycles. The van der Waals surface area contributed by atoms with Crippen LogP contribution in [0.25, 0.3) is 0 Å². The molecule has 1 aromatic rings. The van der Waals surface area contributed by atoms with Gasteiger partial charge in [-0.2, -0.15) is 5.10 Å². The maximum Gasteiger partial charge on any atom is 0.410 e. The molecule has 148 valence electrons. The fraction of sp³-hybridized carbons (Fsp3) is 0.722. The van der Waals surface area contributed by atoms with E-state index in [1.54, 1.807) is 11.1 Å². The van der Waals surface area contributed by atoms with Crippen LogP contribution in [0.5, 0.6) is 0 Å². The number of guanidine groups is 1. The molecule has 0 saturated carbocycles. The van der Waals surface area contributed by atoms with Gasteiger partial charge in [0.05, 0.1) is 0 Å². The van der Waals surface area contributed by atoms with Crippen molar-refractivity contribution in [1.29, 1.82) is 0 Å². The van der Waals surface area contributed by atoms with E-state index in [2.05, 4.69) is 20.7 Å². The van der Waals surface area contributed by atoms with Gasteiger partial charge >= 0.3 is 6.09 Å². The number of ether oxygens (including phenoxy) is 1. The van der Waals surface area contributed by atoms with Gasteiger partial charge in [-0.1, -0.05) is 0 Å². The molecule has 26 heavy (non-hydrogen) atoms. The number of nitrogens with zero attached hydrogens (tertiary/aromatic N) is 4. The van der Waals surface area contributed by atoms with Gasteiger partial charge in [0.2, 0.25) is 0 Å². The second kappa shape index (κ2) is 11.4. The van der Waals surface area contributed by atoms with Crippen molar-refractivity contribution >= 4 is 12.1 Å². The average Bonchev–Trinajstić information content (AvgIpc) is 3.07. The monoisotopic (exact) mass is 366 g/mol. The third kappa shape index (κ3) is 9.29. The number of hydrogen-bond acceptors (Lipinski definition) is 4. The van der Waals surface area contributed by atoms with Gasteiger partial charge in [-0.3, -0.25) is 9.67 Å². The van der Waals surface area contributed by atoms with Gasteiger partial charge in [0, 0.05) is 51.7 Å². The van der Waals surface area contributed by atoms with Crippen molar-refractivity contribution in [2.24, 2.45) is 4.99 Å². The van der Waals surface area contributed by atoms with Crippen LogP contribution in [0.15, 0.2) is 23.5 Å². The summed E-state index contributed by atoms with van der Waals surface area (Å²) in [7, 11) is 0. The quantitative estimate of drug-likeness (QED) is 0.397. The van der Waals surface area contributed by atoms with Crippen molar-refractivity contribution in [1.82, 2.24) is 25.3 Å². The molecule has 0 saturated heterocycles. The molecule has 1 heterocycles. The van der Waals surface area contributed by atoms with Crippen LogP contribution in [0.4, 0.5) is 4.79 Å². The lowest BCUT2D eigenvalue weighted by Gasteiger charge is -2.26. The van der Waals surface area contributed by atoms with E-state index >= 15 is 0 Å². The maximum atomic E-state index is 12.1. The van der Waals surface area contributed by atoms with Crippen molar-refractivity contribution in [3.8, 4) is 0 Å². The molecule has 0 aliphatic rings. The number of amides is 1. The lowest BCUT2D eigenvalue weighted by Crippen LogP contribution is -2.44. The predicted octanol–water partition coefficient (Wildman–Crippen LogP) is 2.09. The van der Waals surface area contributed by atoms with Crippen LogP contribution >= 0.6 is 0 Å². The number of rotatable bonds is 9. The van der Waals surface area contributed by atoms with Crippen LogP contribution in [-0.4, -0.2) is 65.1 Å². The van der Waals surface area contributed by atoms with E-state index in [4.69, 9.17) is 4.74 Å². The third-order valence-electron chi connectivity index (χ3n) is 3.43. The highest BCUT2D eigenvalue weighted by Crippen LogP contribution is 2.09. The number of aliphatic imine (C=N–C) groups is 1. The van der Waals surface area contributed by atoms with Crippen molar-refractivity contribution in [3.63, 3.8) is 0 Å². The van der Waals surface area contributed by atoms with Crippen LogP contribution in [0.2, 0.25) is 0 Å². The Kier molecular flexibility index (Phi) is 9.54. The summed E-state index contributed by atoms with van der Waals surface area (Å²) in [6.07, 6.45) is 4.35. The van der Waals surface area contributed by atoms with E-state index in [0.29, 0.717) is 26.2 Å². The zero-order chi connectivity index (χ0) is 19.4. The predicted molar refractivity (Wildman–Crippen MR) is 104 cm³/mol. The molecule has 1 amide bonds. The van der Waals surface area contributed by atoms with Crippen LogP contribution in [0, 0.1) is 0 Å². The summed E-state index contributed by atoms with van der Waals surface area (Å²) in [5.74, 6) is 0.758. The fourth-order valence-electron chi connectivity index (χ4n) is 2.21. The first kappa shape index (κ1) is 21.8. The standard InChI is InChI=1S/C18H34N6O2/c1-6-19-16(20-10-8-13-24-14-9-11-22-24)21-12-15-23(7-2)17(25)26-18(3,4)5/h9,11,14H,6-8,10,12-13,15H2,1-5H3,(H2,19,20,21). The van der Waals surface area contributed by atoms with Crippen LogP contribution in [0.1, 0.15) is 41.0 Å². The molecular weight excluding hydrogens is 332 g/mol. The molecule has 8 nitrogen and oxygen atoms in total. The van der Waals surface area contributed by atoms with Crippen LogP contribution < -0.4 is 10.6 Å². The Labute approximate surface area is 157 Å². The Morgan fingerprint density at radius 3 is 2.65 bits per heavy atom. The molecule has 2 N–H and O–H groups in total. The van der Waals surface area contributed by atoms with E-state index in [9.17, 15) is 4.79 Å². The van der Waals surface area contributed by atoms with Crippen molar-refractivity contribution < 1.29 is 9.53 Å². The van der Waals surface area contributed by atoms with Crippen LogP contribution in [-0.2, 0) is 11.3 Å². The smallest absolute Gasteiger partial charge is 0.410 e. The summed E-state index contributed by atoms with van der Waals surface area (Å²) >= 11 is 0. The Bertz CT molecular complexity index is 536. The Hall–Kier alpha value is -2.25. The largest absolute Gasteiger partial charge is 0.444 e. The summed E-state index contributed by atoms with van der Waals surface area (Å²) < 4.78 is 7.31. The molecule has 0 aliphatic carbocycles. The fourth-order valence-corrected chi connectivity index (χ4v) is 2.21. The molecule has 0 aromatic carbocycles. The highest BCUT2D eigenvalue weighted by atomic mass is 16.6. The number of aryl methyl sites for hydroxylation is 1. The second-order valence-electron chi connectivity index (χ2n) is 6.87. The van der Waals surface area contributed by atoms with Crippen molar-refractivity contribution in [2.75, 3.05) is 32.7 Å². The molecule has 0 fully saturated rings. The molecule has 0 bridgehead atoms. The number of carbonyl (C=O) groups is 1. The van der Waals surface area contributed by atoms with E-state index in [1.807, 2.05) is 51.6 Å². The van der Waals surface area contributed by atoms with Gasteiger partial charge in [-0.15, -0.1) is 0 Å². The number of carbonyl (C=O) groups excluding carboxylic acids is 1. The highest BCUT2D eigenvalue weighted by molar-refractivity contribution is 5.79. The summed E-state index contributed by atoms with van der Waals surface area (Å²) in [4.78, 5) is 18.4. The van der Waals surface area contributed by atoms with Crippen LogP contribution in [0.3, 0.4) is 0 Å². The van der Waals surface area contributed by atoms with Crippen molar-refractivity contribution in [3.05, 3.63) is 18.5 Å².